The Kier molecular flexibility index (Phi) is 4.52. The molecule has 2 fully saturated rings. The van der Waals surface area contributed by atoms with Crippen LogP contribution in [0.15, 0.2) is 60.8 Å². The third kappa shape index (κ3) is 3.77. The van der Waals surface area contributed by atoms with E-state index < -0.39 is 0 Å². The summed E-state index contributed by atoms with van der Waals surface area (Å²) in [5.41, 5.74) is 4.85. The van der Waals surface area contributed by atoms with Gasteiger partial charge in [-0.1, -0.05) is 12.1 Å². The molecular formula is C26H23FN4O. The van der Waals surface area contributed by atoms with Crippen molar-refractivity contribution in [3.8, 4) is 5.69 Å². The van der Waals surface area contributed by atoms with E-state index in [9.17, 15) is 4.79 Å². The van der Waals surface area contributed by atoms with Gasteiger partial charge in [-0.2, -0.15) is 5.10 Å². The zero-order valence-electron chi connectivity index (χ0n) is 17.6. The Morgan fingerprint density at radius 3 is 2.66 bits per heavy atom. The Hall–Kier alpha value is -3.54. The van der Waals surface area contributed by atoms with Crippen LogP contribution < -0.4 is 5.32 Å². The number of hydrogen-bond donors (Lipinski definition) is 1. The highest BCUT2D eigenvalue weighted by Gasteiger charge is 2.33. The lowest BCUT2D eigenvalue weighted by Crippen LogP contribution is -2.15. The zero-order valence-corrected chi connectivity index (χ0v) is 17.6. The summed E-state index contributed by atoms with van der Waals surface area (Å²) in [5.74, 6) is 0.438. The SMILES string of the molecule is O=C(Cc1ccc2ncccc2c1)Nc1ccc(-n2nc(C3CC3)cc2C2CC2)c(F)c1. The van der Waals surface area contributed by atoms with Gasteiger partial charge in [0.25, 0.3) is 0 Å². The van der Waals surface area contributed by atoms with Crippen LogP contribution in [0.1, 0.15) is 54.5 Å². The molecule has 0 saturated heterocycles. The Balaban J connectivity index is 1.20. The number of rotatable bonds is 6. The number of pyridine rings is 1. The molecule has 2 saturated carbocycles. The fraction of sp³-hybridized carbons (Fsp3) is 0.269. The van der Waals surface area contributed by atoms with Crippen LogP contribution in [0.25, 0.3) is 16.6 Å². The van der Waals surface area contributed by atoms with Gasteiger partial charge < -0.3 is 5.32 Å². The van der Waals surface area contributed by atoms with Crippen LogP contribution in [-0.2, 0) is 11.2 Å². The maximum Gasteiger partial charge on any atom is 0.228 e. The lowest BCUT2D eigenvalue weighted by Gasteiger charge is -2.11. The fourth-order valence-electron chi connectivity index (χ4n) is 4.24. The van der Waals surface area contributed by atoms with Gasteiger partial charge >= 0.3 is 0 Å². The van der Waals surface area contributed by atoms with Crippen LogP contribution in [0.2, 0.25) is 0 Å². The first-order valence-corrected chi connectivity index (χ1v) is 11.2. The van der Waals surface area contributed by atoms with Gasteiger partial charge in [0.1, 0.15) is 5.69 Å². The van der Waals surface area contributed by atoms with Crippen LogP contribution >= 0.6 is 0 Å². The Labute approximate surface area is 185 Å². The molecule has 2 aromatic carbocycles. The van der Waals surface area contributed by atoms with Gasteiger partial charge in [-0.25, -0.2) is 9.07 Å². The summed E-state index contributed by atoms with van der Waals surface area (Å²) in [6, 6.07) is 16.6. The maximum absolute atomic E-state index is 15.1. The van der Waals surface area contributed by atoms with E-state index in [4.69, 9.17) is 5.10 Å². The van der Waals surface area contributed by atoms with Crippen molar-refractivity contribution >= 4 is 22.5 Å². The summed E-state index contributed by atoms with van der Waals surface area (Å²) >= 11 is 0. The van der Waals surface area contributed by atoms with Crippen LogP contribution in [0.4, 0.5) is 10.1 Å². The van der Waals surface area contributed by atoms with E-state index in [1.54, 1.807) is 23.0 Å². The van der Waals surface area contributed by atoms with Crippen LogP contribution in [-0.4, -0.2) is 20.7 Å². The minimum absolute atomic E-state index is 0.186. The minimum Gasteiger partial charge on any atom is -0.326 e. The highest BCUT2D eigenvalue weighted by atomic mass is 19.1. The molecule has 0 bridgehead atoms. The highest BCUT2D eigenvalue weighted by molar-refractivity contribution is 5.93. The maximum atomic E-state index is 15.1. The first-order chi connectivity index (χ1) is 15.6. The van der Waals surface area contributed by atoms with E-state index in [0.29, 0.717) is 23.2 Å². The summed E-state index contributed by atoms with van der Waals surface area (Å²) in [6.45, 7) is 0. The molecule has 5 nitrogen and oxygen atoms in total. The molecule has 0 spiro atoms. The van der Waals surface area contributed by atoms with Gasteiger partial charge in [0, 0.05) is 34.8 Å². The molecule has 160 valence electrons. The fourth-order valence-corrected chi connectivity index (χ4v) is 4.24. The number of nitrogens with one attached hydrogen (secondary N) is 1. The Morgan fingerprint density at radius 2 is 1.88 bits per heavy atom. The number of fused-ring (bicyclic) bond motifs is 1. The topological polar surface area (TPSA) is 59.8 Å². The molecule has 1 N–H and O–H groups in total. The number of halogens is 1. The number of nitrogens with zero attached hydrogens (tertiary/aromatic N) is 3. The van der Waals surface area contributed by atoms with Crippen molar-refractivity contribution in [1.29, 1.82) is 0 Å². The monoisotopic (exact) mass is 426 g/mol. The molecular weight excluding hydrogens is 403 g/mol. The van der Waals surface area contributed by atoms with E-state index in [1.165, 1.54) is 18.9 Å². The lowest BCUT2D eigenvalue weighted by molar-refractivity contribution is -0.115. The first-order valence-electron chi connectivity index (χ1n) is 11.2. The van der Waals surface area contributed by atoms with Gasteiger partial charge in [-0.15, -0.1) is 0 Å². The molecule has 1 amide bonds. The molecule has 0 radical (unpaired) electrons. The second-order valence-corrected chi connectivity index (χ2v) is 8.88. The van der Waals surface area contributed by atoms with Gasteiger partial charge in [-0.3, -0.25) is 9.78 Å². The average molecular weight is 426 g/mol. The molecule has 2 aliphatic rings. The van der Waals surface area contributed by atoms with Crippen molar-refractivity contribution in [3.05, 3.63) is 83.6 Å². The molecule has 32 heavy (non-hydrogen) atoms. The average Bonchev–Trinajstić information content (AvgIpc) is 3.72. The summed E-state index contributed by atoms with van der Waals surface area (Å²) in [7, 11) is 0. The van der Waals surface area contributed by atoms with Crippen LogP contribution in [0, 0.1) is 5.82 Å². The van der Waals surface area contributed by atoms with Crippen molar-refractivity contribution in [1.82, 2.24) is 14.8 Å². The number of carbonyl (C=O) groups is 1. The highest BCUT2D eigenvalue weighted by Crippen LogP contribution is 2.45. The number of carbonyl (C=O) groups excluding carboxylic acids is 1. The predicted octanol–water partition coefficient (Wildman–Crippen LogP) is 5.50. The van der Waals surface area contributed by atoms with E-state index in [0.717, 1.165) is 40.7 Å². The standard InChI is InChI=1S/C26H23FN4O/c27-21-14-20(29-26(32)13-16-3-9-22-19(12-16)2-1-11-28-22)8-10-24(21)31-25(18-6-7-18)15-23(30-31)17-4-5-17/h1-3,8-12,14-15,17-18H,4-7,13H2,(H,29,32). The predicted molar refractivity (Wildman–Crippen MR) is 122 cm³/mol. The summed E-state index contributed by atoms with van der Waals surface area (Å²) in [4.78, 5) is 16.9. The Morgan fingerprint density at radius 1 is 1.03 bits per heavy atom. The third-order valence-corrected chi connectivity index (χ3v) is 6.24. The smallest absolute Gasteiger partial charge is 0.228 e. The molecule has 0 atom stereocenters. The van der Waals surface area contributed by atoms with Crippen molar-refractivity contribution in [2.45, 2.75) is 43.9 Å². The normalized spacial score (nSPS) is 15.8. The van der Waals surface area contributed by atoms with E-state index in [-0.39, 0.29) is 18.1 Å². The summed E-state index contributed by atoms with van der Waals surface area (Å²) in [5, 5.41) is 8.53. The molecule has 2 aromatic heterocycles. The lowest BCUT2D eigenvalue weighted by atomic mass is 10.1. The summed E-state index contributed by atoms with van der Waals surface area (Å²) in [6.07, 6.45) is 6.57. The van der Waals surface area contributed by atoms with Gasteiger partial charge in [0.05, 0.1) is 17.6 Å². The van der Waals surface area contributed by atoms with Crippen molar-refractivity contribution in [3.63, 3.8) is 0 Å². The largest absolute Gasteiger partial charge is 0.326 e. The molecule has 2 heterocycles. The molecule has 0 aliphatic heterocycles. The van der Waals surface area contributed by atoms with Crippen LogP contribution in [0.3, 0.4) is 0 Å². The van der Waals surface area contributed by atoms with Crippen molar-refractivity contribution < 1.29 is 9.18 Å². The number of hydrogen-bond acceptors (Lipinski definition) is 3. The molecule has 0 unspecified atom stereocenters. The van der Waals surface area contributed by atoms with Crippen molar-refractivity contribution in [2.24, 2.45) is 0 Å². The quantitative estimate of drug-likeness (QED) is 0.443. The van der Waals surface area contributed by atoms with E-state index >= 15 is 4.39 Å². The molecule has 6 rings (SSSR count). The first kappa shape index (κ1) is 19.2. The molecule has 4 aromatic rings. The van der Waals surface area contributed by atoms with E-state index in [2.05, 4.69) is 16.4 Å². The molecule has 2 aliphatic carbocycles. The van der Waals surface area contributed by atoms with E-state index in [1.807, 2.05) is 30.3 Å². The van der Waals surface area contributed by atoms with Gasteiger partial charge in [-0.05, 0) is 73.7 Å². The second kappa shape index (κ2) is 7.55. The third-order valence-electron chi connectivity index (χ3n) is 6.24. The number of benzene rings is 2. The number of aromatic nitrogens is 3. The minimum atomic E-state index is -0.382. The second-order valence-electron chi connectivity index (χ2n) is 8.88. The number of anilines is 1. The zero-order chi connectivity index (χ0) is 21.7. The molecule has 6 heteroatoms. The van der Waals surface area contributed by atoms with Gasteiger partial charge in [0.2, 0.25) is 5.91 Å². The summed E-state index contributed by atoms with van der Waals surface area (Å²) < 4.78 is 16.8. The van der Waals surface area contributed by atoms with Crippen LogP contribution in [0.5, 0.6) is 0 Å². The van der Waals surface area contributed by atoms with Gasteiger partial charge in [0.15, 0.2) is 5.82 Å². The number of amides is 1. The Bertz CT molecular complexity index is 1340. The van der Waals surface area contributed by atoms with Crippen molar-refractivity contribution in [2.75, 3.05) is 5.32 Å².